The Kier molecular flexibility index (Phi) is 6.56. The highest BCUT2D eigenvalue weighted by Crippen LogP contribution is 2.23. The molecule has 0 aromatic carbocycles. The minimum absolute atomic E-state index is 0.140. The second kappa shape index (κ2) is 7.94. The van der Waals surface area contributed by atoms with E-state index in [1.54, 1.807) is 0 Å². The molecule has 0 spiro atoms. The van der Waals surface area contributed by atoms with E-state index in [0.717, 1.165) is 49.0 Å². The molecule has 19 heavy (non-hydrogen) atoms. The van der Waals surface area contributed by atoms with Crippen LogP contribution in [0.15, 0.2) is 0 Å². The number of aryl methyl sites for hydroxylation is 1. The summed E-state index contributed by atoms with van der Waals surface area (Å²) in [5.74, 6) is 2.69. The summed E-state index contributed by atoms with van der Waals surface area (Å²) in [5.41, 5.74) is 1.06. The molecular formula is C14H26N4O. The van der Waals surface area contributed by atoms with Crippen LogP contribution < -0.4 is 10.2 Å². The van der Waals surface area contributed by atoms with Gasteiger partial charge in [0.25, 0.3) is 0 Å². The van der Waals surface area contributed by atoms with Crippen molar-refractivity contribution >= 4 is 11.6 Å². The zero-order chi connectivity index (χ0) is 14.3. The lowest BCUT2D eigenvalue weighted by Crippen LogP contribution is -2.30. The van der Waals surface area contributed by atoms with Crippen LogP contribution in [0.25, 0.3) is 0 Å². The van der Waals surface area contributed by atoms with E-state index >= 15 is 0 Å². The van der Waals surface area contributed by atoms with Gasteiger partial charge in [-0.1, -0.05) is 13.8 Å². The summed E-state index contributed by atoms with van der Waals surface area (Å²) in [6.07, 6.45) is 1.84. The van der Waals surface area contributed by atoms with Crippen molar-refractivity contribution in [3.05, 3.63) is 11.4 Å². The fraction of sp³-hybridized carbons (Fsp3) is 0.714. The third-order valence-electron chi connectivity index (χ3n) is 2.99. The van der Waals surface area contributed by atoms with Crippen molar-refractivity contribution < 1.29 is 5.11 Å². The molecule has 0 amide bonds. The number of nitrogens with zero attached hydrogens (tertiary/aromatic N) is 3. The van der Waals surface area contributed by atoms with Crippen LogP contribution in [-0.4, -0.2) is 41.3 Å². The van der Waals surface area contributed by atoms with Gasteiger partial charge >= 0.3 is 0 Å². The number of aromatic nitrogens is 2. The van der Waals surface area contributed by atoms with Crippen LogP contribution in [0.2, 0.25) is 0 Å². The lowest BCUT2D eigenvalue weighted by Gasteiger charge is -2.25. The first kappa shape index (κ1) is 15.7. The summed E-state index contributed by atoms with van der Waals surface area (Å²) in [6, 6.07) is 0. The summed E-state index contributed by atoms with van der Waals surface area (Å²) in [5, 5.41) is 12.5. The van der Waals surface area contributed by atoms with Crippen LogP contribution in [0, 0.1) is 6.92 Å². The standard InChI is InChI=1S/C14H26N4O/c1-5-8-18(9-10-19)14-11(4)13(15-7-3)16-12(6-2)17-14/h19H,5-10H2,1-4H3,(H,15,16,17). The maximum atomic E-state index is 9.21. The van der Waals surface area contributed by atoms with Gasteiger partial charge in [0.2, 0.25) is 0 Å². The van der Waals surface area contributed by atoms with E-state index < -0.39 is 0 Å². The fourth-order valence-corrected chi connectivity index (χ4v) is 2.07. The van der Waals surface area contributed by atoms with E-state index in [1.165, 1.54) is 0 Å². The van der Waals surface area contributed by atoms with Crippen molar-refractivity contribution in [2.24, 2.45) is 0 Å². The van der Waals surface area contributed by atoms with Crippen molar-refractivity contribution in [3.8, 4) is 0 Å². The Morgan fingerprint density at radius 2 is 1.89 bits per heavy atom. The number of rotatable bonds is 8. The average Bonchev–Trinajstić information content (AvgIpc) is 2.41. The molecule has 0 saturated carbocycles. The number of anilines is 2. The number of hydrogen-bond donors (Lipinski definition) is 2. The van der Waals surface area contributed by atoms with Crippen LogP contribution in [0.1, 0.15) is 38.6 Å². The van der Waals surface area contributed by atoms with Crippen LogP contribution in [0.5, 0.6) is 0 Å². The van der Waals surface area contributed by atoms with Crippen LogP contribution in [0.4, 0.5) is 11.6 Å². The lowest BCUT2D eigenvalue weighted by atomic mass is 10.2. The number of nitrogens with one attached hydrogen (secondary N) is 1. The third-order valence-corrected chi connectivity index (χ3v) is 2.99. The van der Waals surface area contributed by atoms with Crippen molar-refractivity contribution in [2.75, 3.05) is 36.5 Å². The first-order valence-electron chi connectivity index (χ1n) is 7.15. The SMILES string of the molecule is CCCN(CCO)c1nc(CC)nc(NCC)c1C. The molecule has 0 fully saturated rings. The van der Waals surface area contributed by atoms with Crippen LogP contribution >= 0.6 is 0 Å². The molecule has 5 nitrogen and oxygen atoms in total. The van der Waals surface area contributed by atoms with E-state index in [-0.39, 0.29) is 6.61 Å². The summed E-state index contributed by atoms with van der Waals surface area (Å²) in [7, 11) is 0. The number of aliphatic hydroxyl groups excluding tert-OH is 1. The van der Waals surface area contributed by atoms with E-state index in [1.807, 2.05) is 6.92 Å². The van der Waals surface area contributed by atoms with Gasteiger partial charge in [-0.3, -0.25) is 0 Å². The highest BCUT2D eigenvalue weighted by atomic mass is 16.3. The third kappa shape index (κ3) is 4.06. The zero-order valence-corrected chi connectivity index (χ0v) is 12.5. The molecule has 1 aromatic heterocycles. The van der Waals surface area contributed by atoms with Gasteiger partial charge in [0.1, 0.15) is 17.5 Å². The Morgan fingerprint density at radius 1 is 1.16 bits per heavy atom. The molecule has 0 radical (unpaired) electrons. The van der Waals surface area contributed by atoms with Crippen molar-refractivity contribution in [1.29, 1.82) is 0 Å². The zero-order valence-electron chi connectivity index (χ0n) is 12.5. The Morgan fingerprint density at radius 3 is 2.42 bits per heavy atom. The highest BCUT2D eigenvalue weighted by molar-refractivity contribution is 5.58. The second-order valence-electron chi connectivity index (χ2n) is 4.53. The molecule has 0 aliphatic rings. The molecule has 2 N–H and O–H groups in total. The molecule has 0 atom stereocenters. The maximum Gasteiger partial charge on any atom is 0.137 e. The normalized spacial score (nSPS) is 10.6. The van der Waals surface area contributed by atoms with Gasteiger partial charge in [-0.05, 0) is 20.3 Å². The summed E-state index contributed by atoms with van der Waals surface area (Å²) >= 11 is 0. The maximum absolute atomic E-state index is 9.21. The van der Waals surface area contributed by atoms with Gasteiger partial charge in [0, 0.05) is 31.6 Å². The molecule has 0 saturated heterocycles. The summed E-state index contributed by atoms with van der Waals surface area (Å²) in [6.45, 7) is 10.8. The monoisotopic (exact) mass is 266 g/mol. The average molecular weight is 266 g/mol. The Hall–Kier alpha value is -1.36. The fourth-order valence-electron chi connectivity index (χ4n) is 2.07. The van der Waals surface area contributed by atoms with Gasteiger partial charge in [-0.2, -0.15) is 0 Å². The van der Waals surface area contributed by atoms with E-state index in [0.29, 0.717) is 6.54 Å². The van der Waals surface area contributed by atoms with Crippen LogP contribution in [-0.2, 0) is 6.42 Å². The molecule has 0 bridgehead atoms. The van der Waals surface area contributed by atoms with Crippen molar-refractivity contribution in [2.45, 2.75) is 40.5 Å². The van der Waals surface area contributed by atoms with Gasteiger partial charge in [0.15, 0.2) is 0 Å². The molecule has 1 rings (SSSR count). The largest absolute Gasteiger partial charge is 0.395 e. The quantitative estimate of drug-likeness (QED) is 0.753. The minimum atomic E-state index is 0.140. The molecule has 0 aliphatic carbocycles. The topological polar surface area (TPSA) is 61.3 Å². The van der Waals surface area contributed by atoms with Gasteiger partial charge in [-0.15, -0.1) is 0 Å². The minimum Gasteiger partial charge on any atom is -0.395 e. The highest BCUT2D eigenvalue weighted by Gasteiger charge is 2.15. The number of aliphatic hydroxyl groups is 1. The molecule has 5 heteroatoms. The molecule has 108 valence electrons. The van der Waals surface area contributed by atoms with E-state index in [9.17, 15) is 5.11 Å². The lowest BCUT2D eigenvalue weighted by molar-refractivity contribution is 0.301. The van der Waals surface area contributed by atoms with E-state index in [4.69, 9.17) is 0 Å². The van der Waals surface area contributed by atoms with Crippen molar-refractivity contribution in [1.82, 2.24) is 9.97 Å². The van der Waals surface area contributed by atoms with Crippen molar-refractivity contribution in [3.63, 3.8) is 0 Å². The molecule has 1 aromatic rings. The summed E-state index contributed by atoms with van der Waals surface area (Å²) < 4.78 is 0. The Bertz CT molecular complexity index is 389. The summed E-state index contributed by atoms with van der Waals surface area (Å²) in [4.78, 5) is 11.3. The molecular weight excluding hydrogens is 240 g/mol. The van der Waals surface area contributed by atoms with Gasteiger partial charge in [-0.25, -0.2) is 9.97 Å². The molecule has 1 heterocycles. The number of hydrogen-bond acceptors (Lipinski definition) is 5. The van der Waals surface area contributed by atoms with Gasteiger partial charge < -0.3 is 15.3 Å². The molecule has 0 aliphatic heterocycles. The second-order valence-corrected chi connectivity index (χ2v) is 4.53. The van der Waals surface area contributed by atoms with Gasteiger partial charge in [0.05, 0.1) is 6.61 Å². The predicted molar refractivity (Wildman–Crippen MR) is 79.9 cm³/mol. The smallest absolute Gasteiger partial charge is 0.137 e. The predicted octanol–water partition coefficient (Wildman–Crippen LogP) is 1.99. The van der Waals surface area contributed by atoms with Crippen LogP contribution in [0.3, 0.4) is 0 Å². The Labute approximate surface area is 116 Å². The first-order chi connectivity index (χ1) is 9.17. The molecule has 0 unspecified atom stereocenters. The Balaban J connectivity index is 3.17. The van der Waals surface area contributed by atoms with E-state index in [2.05, 4.69) is 41.0 Å². The first-order valence-corrected chi connectivity index (χ1v) is 7.15.